The monoisotopic (exact) mass is 397 g/mol. The van der Waals surface area contributed by atoms with Crippen molar-refractivity contribution in [1.82, 2.24) is 9.55 Å². The number of aliphatic hydroxyl groups excluding tert-OH is 1. The van der Waals surface area contributed by atoms with E-state index in [9.17, 15) is 19.1 Å². The lowest BCUT2D eigenvalue weighted by molar-refractivity contribution is -0.0797. The quantitative estimate of drug-likeness (QED) is 0.248. The predicted octanol–water partition coefficient (Wildman–Crippen LogP) is 0.206. The number of nitrogens with one attached hydrogen (secondary N) is 1. The summed E-state index contributed by atoms with van der Waals surface area (Å²) in [5.74, 6) is 0. The molecule has 2 N–H and O–H groups in total. The van der Waals surface area contributed by atoms with E-state index >= 15 is 0 Å². The molecule has 0 aromatic carbocycles. The third-order valence-corrected chi connectivity index (χ3v) is 3.97. The lowest BCUT2D eigenvalue weighted by Crippen LogP contribution is -2.39. The molecular weight excluding hydrogens is 388 g/mol. The Morgan fingerprint density at radius 2 is 2.40 bits per heavy atom. The number of hydrogen-bond acceptors (Lipinski definition) is 5. The van der Waals surface area contributed by atoms with Crippen LogP contribution in [0.1, 0.15) is 6.23 Å². The van der Waals surface area contributed by atoms with Crippen molar-refractivity contribution in [1.29, 1.82) is 0 Å². The van der Waals surface area contributed by atoms with Crippen molar-refractivity contribution < 1.29 is 14.2 Å². The number of aromatic amines is 1. The molecule has 0 radical (unpaired) electrons. The molecule has 2 heterocycles. The first kappa shape index (κ1) is 15.0. The van der Waals surface area contributed by atoms with E-state index in [0.29, 0.717) is 0 Å². The Balaban J connectivity index is 2.47. The topological polar surface area (TPSA) is 133 Å². The van der Waals surface area contributed by atoms with Gasteiger partial charge in [-0.3, -0.25) is 14.3 Å². The standard InChI is InChI=1S/C9H9FIN5O4/c10-6-5(18)7(20-9(6,3-11)14-15-12)16-2-1-4(17)13-8(16)19/h1-2,5-7,18H,3H2,(H,13,17,19)/t5-,6+,7-,9-/m1/s1. The van der Waals surface area contributed by atoms with Gasteiger partial charge in [0, 0.05) is 21.6 Å². The first-order valence-corrected chi connectivity index (χ1v) is 6.91. The summed E-state index contributed by atoms with van der Waals surface area (Å²) >= 11 is 1.75. The number of aliphatic hydroxyl groups is 1. The van der Waals surface area contributed by atoms with Gasteiger partial charge in [-0.1, -0.05) is 27.7 Å². The Morgan fingerprint density at radius 3 is 2.95 bits per heavy atom. The Bertz CT molecular complexity index is 671. The molecule has 4 atom stereocenters. The smallest absolute Gasteiger partial charge is 0.330 e. The average Bonchev–Trinajstić information content (AvgIpc) is 2.65. The predicted molar refractivity (Wildman–Crippen MR) is 73.1 cm³/mol. The van der Waals surface area contributed by atoms with Crippen LogP contribution in [0.3, 0.4) is 0 Å². The summed E-state index contributed by atoms with van der Waals surface area (Å²) in [5.41, 5.74) is 5.10. The Labute approximate surface area is 124 Å². The molecule has 11 heteroatoms. The molecule has 20 heavy (non-hydrogen) atoms. The second-order valence-electron chi connectivity index (χ2n) is 4.09. The summed E-state index contributed by atoms with van der Waals surface area (Å²) in [6.07, 6.45) is -4.03. The summed E-state index contributed by atoms with van der Waals surface area (Å²) in [4.78, 5) is 27.1. The number of ether oxygens (including phenoxy) is 1. The minimum Gasteiger partial charge on any atom is -0.385 e. The highest BCUT2D eigenvalue weighted by atomic mass is 127. The summed E-state index contributed by atoms with van der Waals surface area (Å²) in [6, 6.07) is 1.03. The molecule has 0 aliphatic carbocycles. The van der Waals surface area contributed by atoms with Gasteiger partial charge in [-0.05, 0) is 5.53 Å². The summed E-state index contributed by atoms with van der Waals surface area (Å²) < 4.78 is 20.2. The van der Waals surface area contributed by atoms with Crippen LogP contribution in [0.15, 0.2) is 27.0 Å². The Morgan fingerprint density at radius 1 is 1.70 bits per heavy atom. The molecule has 2 rings (SSSR count). The van der Waals surface area contributed by atoms with Crippen molar-refractivity contribution >= 4 is 22.6 Å². The second-order valence-corrected chi connectivity index (χ2v) is 4.85. The number of alkyl halides is 2. The number of halogens is 2. The molecule has 0 amide bonds. The molecule has 0 spiro atoms. The molecule has 1 fully saturated rings. The van der Waals surface area contributed by atoms with E-state index in [2.05, 4.69) is 10.0 Å². The average molecular weight is 397 g/mol. The maximum atomic E-state index is 14.1. The van der Waals surface area contributed by atoms with Gasteiger partial charge in [-0.25, -0.2) is 9.18 Å². The van der Waals surface area contributed by atoms with E-state index in [1.165, 1.54) is 0 Å². The first-order chi connectivity index (χ1) is 9.45. The molecule has 108 valence electrons. The zero-order chi connectivity index (χ0) is 14.9. The van der Waals surface area contributed by atoms with Crippen molar-refractivity contribution in [2.75, 3.05) is 4.43 Å². The number of H-pyrrole nitrogens is 1. The van der Waals surface area contributed by atoms with Crippen LogP contribution in [0.2, 0.25) is 0 Å². The van der Waals surface area contributed by atoms with Gasteiger partial charge in [0.1, 0.15) is 6.10 Å². The molecule has 1 saturated heterocycles. The van der Waals surface area contributed by atoms with E-state index < -0.39 is 35.5 Å². The maximum absolute atomic E-state index is 14.1. The van der Waals surface area contributed by atoms with E-state index in [4.69, 9.17) is 10.3 Å². The van der Waals surface area contributed by atoms with Crippen molar-refractivity contribution in [3.8, 4) is 0 Å². The van der Waals surface area contributed by atoms with E-state index in [0.717, 1.165) is 16.8 Å². The number of azide groups is 1. The van der Waals surface area contributed by atoms with Gasteiger partial charge < -0.3 is 9.84 Å². The van der Waals surface area contributed by atoms with Crippen LogP contribution in [0.5, 0.6) is 0 Å². The molecule has 9 nitrogen and oxygen atoms in total. The molecular formula is C9H9FIN5O4. The van der Waals surface area contributed by atoms with Crippen LogP contribution >= 0.6 is 22.6 Å². The molecule has 1 aromatic rings. The maximum Gasteiger partial charge on any atom is 0.330 e. The van der Waals surface area contributed by atoms with Crippen LogP contribution in [0.4, 0.5) is 4.39 Å². The van der Waals surface area contributed by atoms with Gasteiger partial charge in [-0.15, -0.1) is 0 Å². The fraction of sp³-hybridized carbons (Fsp3) is 0.556. The van der Waals surface area contributed by atoms with E-state index in [1.807, 2.05) is 4.98 Å². The number of rotatable bonds is 3. The summed E-state index contributed by atoms with van der Waals surface area (Å²) in [7, 11) is 0. The lowest BCUT2D eigenvalue weighted by atomic mass is 10.1. The molecule has 1 aliphatic rings. The number of hydrogen-bond donors (Lipinski definition) is 2. The van der Waals surface area contributed by atoms with Crippen molar-refractivity contribution in [2.24, 2.45) is 5.11 Å². The highest BCUT2D eigenvalue weighted by Gasteiger charge is 2.55. The van der Waals surface area contributed by atoms with Crippen LogP contribution in [0, 0.1) is 0 Å². The van der Waals surface area contributed by atoms with Gasteiger partial charge in [-0.2, -0.15) is 0 Å². The zero-order valence-corrected chi connectivity index (χ0v) is 12.0. The van der Waals surface area contributed by atoms with Crippen molar-refractivity contribution in [3.63, 3.8) is 0 Å². The fourth-order valence-electron chi connectivity index (χ4n) is 1.89. The normalized spacial score (nSPS) is 32.9. The molecule has 0 bridgehead atoms. The van der Waals surface area contributed by atoms with Crippen LogP contribution in [-0.2, 0) is 4.74 Å². The number of aromatic nitrogens is 2. The summed E-state index contributed by atoms with van der Waals surface area (Å²) in [5, 5.41) is 13.1. The highest BCUT2D eigenvalue weighted by molar-refractivity contribution is 14.1. The molecule has 0 saturated carbocycles. The highest BCUT2D eigenvalue weighted by Crippen LogP contribution is 2.40. The third kappa shape index (κ3) is 2.32. The largest absolute Gasteiger partial charge is 0.385 e. The van der Waals surface area contributed by atoms with Gasteiger partial charge >= 0.3 is 5.69 Å². The zero-order valence-electron chi connectivity index (χ0n) is 9.81. The van der Waals surface area contributed by atoms with Gasteiger partial charge in [0.05, 0.1) is 0 Å². The van der Waals surface area contributed by atoms with Crippen molar-refractivity contribution in [2.45, 2.75) is 24.2 Å². The fourth-order valence-corrected chi connectivity index (χ4v) is 2.64. The molecule has 0 unspecified atom stereocenters. The van der Waals surface area contributed by atoms with Crippen LogP contribution in [0.25, 0.3) is 10.4 Å². The van der Waals surface area contributed by atoms with E-state index in [1.54, 1.807) is 22.6 Å². The Kier molecular flexibility index (Phi) is 4.13. The lowest BCUT2D eigenvalue weighted by Gasteiger charge is -2.22. The SMILES string of the molecule is [N-]=[N+]=N[C@]1(CI)O[C@@H](n2ccc(=O)[nH]c2=O)[C@H](O)[C@@H]1F. The van der Waals surface area contributed by atoms with Crippen LogP contribution < -0.4 is 11.2 Å². The molecule has 1 aliphatic heterocycles. The van der Waals surface area contributed by atoms with Gasteiger partial charge in [0.25, 0.3) is 5.56 Å². The number of nitrogens with zero attached hydrogens (tertiary/aromatic N) is 4. The first-order valence-electron chi connectivity index (χ1n) is 5.39. The Hall–Kier alpha value is -1.43. The van der Waals surface area contributed by atoms with E-state index in [-0.39, 0.29) is 4.43 Å². The summed E-state index contributed by atoms with van der Waals surface area (Å²) in [6.45, 7) is 0. The minimum atomic E-state index is -2.00. The van der Waals surface area contributed by atoms with Crippen LogP contribution in [-0.4, -0.2) is 37.1 Å². The molecule has 1 aromatic heterocycles. The van der Waals surface area contributed by atoms with Gasteiger partial charge in [0.2, 0.25) is 0 Å². The van der Waals surface area contributed by atoms with Crippen molar-refractivity contribution in [3.05, 3.63) is 43.5 Å². The minimum absolute atomic E-state index is 0.0539. The van der Waals surface area contributed by atoms with Gasteiger partial charge in [0.15, 0.2) is 18.1 Å². The second kappa shape index (κ2) is 5.52. The third-order valence-electron chi connectivity index (χ3n) is 2.88.